The van der Waals surface area contributed by atoms with Crippen molar-refractivity contribution in [1.29, 1.82) is 10.5 Å². The van der Waals surface area contributed by atoms with Gasteiger partial charge < -0.3 is 5.32 Å². The third-order valence-electron chi connectivity index (χ3n) is 3.09. The Labute approximate surface area is 151 Å². The van der Waals surface area contributed by atoms with Gasteiger partial charge in [-0.1, -0.05) is 27.7 Å². The molecular weight excluding hydrogens is 390 g/mol. The molecule has 24 heavy (non-hydrogen) atoms. The number of aromatic nitrogens is 1. The van der Waals surface area contributed by atoms with Crippen LogP contribution in [0.3, 0.4) is 0 Å². The summed E-state index contributed by atoms with van der Waals surface area (Å²) < 4.78 is 0.921. The number of rotatable bonds is 4. The van der Waals surface area contributed by atoms with Crippen molar-refractivity contribution in [2.45, 2.75) is 17.2 Å². The topological polar surface area (TPSA) is 117 Å². The Morgan fingerprint density at radius 2 is 1.92 bits per heavy atom. The first kappa shape index (κ1) is 17.8. The molecule has 1 heterocycles. The number of nitriles is 2. The second-order valence-corrected chi connectivity index (χ2v) is 7.09. The molecule has 0 aliphatic heterocycles. The highest BCUT2D eigenvalue weighted by molar-refractivity contribution is 9.10. The molecule has 2 rings (SSSR count). The number of aromatic amines is 1. The maximum Gasteiger partial charge on any atom is 0.289 e. The summed E-state index contributed by atoms with van der Waals surface area (Å²) in [5.74, 6) is -0.0398. The zero-order valence-electron chi connectivity index (χ0n) is 12.6. The van der Waals surface area contributed by atoms with Crippen molar-refractivity contribution < 1.29 is 9.78 Å². The molecule has 0 saturated carbocycles. The number of pyridine rings is 1. The normalized spacial score (nSPS) is 11.2. The molecule has 1 aromatic heterocycles. The lowest BCUT2D eigenvalue weighted by atomic mass is 10.2. The lowest BCUT2D eigenvalue weighted by molar-refractivity contribution is -0.410. The predicted molar refractivity (Wildman–Crippen MR) is 94.9 cm³/mol. The number of benzene rings is 1. The molecule has 120 valence electrons. The number of carbonyl (C=O) groups is 1. The minimum atomic E-state index is -0.468. The molecule has 0 bridgehead atoms. The van der Waals surface area contributed by atoms with E-state index in [-0.39, 0.29) is 22.9 Å². The first-order valence-electron chi connectivity index (χ1n) is 6.83. The summed E-state index contributed by atoms with van der Waals surface area (Å²) in [7, 11) is 0. The monoisotopic (exact) mass is 402 g/mol. The molecule has 0 radical (unpaired) electrons. The van der Waals surface area contributed by atoms with Crippen LogP contribution in [-0.2, 0) is 4.79 Å². The fourth-order valence-electron chi connectivity index (χ4n) is 1.82. The molecule has 1 aromatic carbocycles. The Bertz CT molecular complexity index is 854. The first-order chi connectivity index (χ1) is 11.4. The van der Waals surface area contributed by atoms with Gasteiger partial charge in [0.05, 0.1) is 5.25 Å². The number of H-pyrrole nitrogens is 1. The molecular formula is C16H13BrN5OS+. The van der Waals surface area contributed by atoms with Gasteiger partial charge in [0, 0.05) is 10.2 Å². The van der Waals surface area contributed by atoms with Crippen molar-refractivity contribution in [3.63, 3.8) is 0 Å². The third-order valence-corrected chi connectivity index (χ3v) is 4.74. The number of nitrogens with two attached hydrogens (primary N) is 1. The lowest BCUT2D eigenvalue weighted by Crippen LogP contribution is -2.25. The molecule has 8 heteroatoms. The van der Waals surface area contributed by atoms with Crippen molar-refractivity contribution in [3.8, 4) is 12.1 Å². The van der Waals surface area contributed by atoms with Crippen molar-refractivity contribution in [1.82, 2.24) is 0 Å². The van der Waals surface area contributed by atoms with E-state index in [9.17, 15) is 10.1 Å². The number of nitrogen functional groups attached to an aromatic ring is 1. The highest BCUT2D eigenvalue weighted by atomic mass is 79.9. The average Bonchev–Trinajstić information content (AvgIpc) is 2.57. The molecule has 0 aliphatic carbocycles. The zero-order chi connectivity index (χ0) is 17.7. The van der Waals surface area contributed by atoms with E-state index in [0.29, 0.717) is 10.7 Å². The summed E-state index contributed by atoms with van der Waals surface area (Å²) in [4.78, 5) is 15.1. The minimum Gasteiger partial charge on any atom is -0.325 e. The summed E-state index contributed by atoms with van der Waals surface area (Å²) in [5, 5.41) is 20.9. The van der Waals surface area contributed by atoms with Gasteiger partial charge in [0.15, 0.2) is 5.03 Å². The summed E-state index contributed by atoms with van der Waals surface area (Å²) in [5.41, 5.74) is 6.89. The maximum absolute atomic E-state index is 12.3. The van der Waals surface area contributed by atoms with Crippen LogP contribution in [0.15, 0.2) is 39.8 Å². The van der Waals surface area contributed by atoms with Gasteiger partial charge in [0.2, 0.25) is 5.91 Å². The molecule has 0 aliphatic rings. The largest absolute Gasteiger partial charge is 0.325 e. The van der Waals surface area contributed by atoms with Crippen LogP contribution < -0.4 is 16.0 Å². The van der Waals surface area contributed by atoms with Crippen LogP contribution in [0.5, 0.6) is 0 Å². The Morgan fingerprint density at radius 3 is 2.50 bits per heavy atom. The number of hydrogen-bond donors (Lipinski definition) is 2. The molecule has 0 unspecified atom stereocenters. The van der Waals surface area contributed by atoms with E-state index in [1.54, 1.807) is 19.1 Å². The Kier molecular flexibility index (Phi) is 5.80. The molecule has 2 aromatic rings. The fourth-order valence-corrected chi connectivity index (χ4v) is 3.00. The standard InChI is InChI=1S/C16H12BrN5OS/c1-9(15(23)21-13-4-2-12(17)3-5-13)24-16-11(8-19)6-10(7-18)14(20)22-16/h2-6,9H,1H3,(H2,20,22)(H,21,23)/p+1/t9-/m0/s1. The van der Waals surface area contributed by atoms with Crippen LogP contribution in [0.1, 0.15) is 18.1 Å². The highest BCUT2D eigenvalue weighted by Crippen LogP contribution is 2.25. The van der Waals surface area contributed by atoms with Crippen LogP contribution >= 0.6 is 27.7 Å². The van der Waals surface area contributed by atoms with Gasteiger partial charge >= 0.3 is 0 Å². The van der Waals surface area contributed by atoms with Crippen molar-refractivity contribution >= 4 is 45.1 Å². The summed E-state index contributed by atoms with van der Waals surface area (Å²) >= 11 is 4.50. The van der Waals surface area contributed by atoms with E-state index < -0.39 is 5.25 Å². The number of nitrogens with zero attached hydrogens (tertiary/aromatic N) is 2. The van der Waals surface area contributed by atoms with Gasteiger partial charge in [-0.05, 0) is 37.3 Å². The number of nitrogens with one attached hydrogen (secondary N) is 2. The zero-order valence-corrected chi connectivity index (χ0v) is 15.0. The molecule has 0 saturated heterocycles. The number of halogens is 1. The van der Waals surface area contributed by atoms with Crippen LogP contribution in [0.25, 0.3) is 0 Å². The van der Waals surface area contributed by atoms with Gasteiger partial charge in [-0.3, -0.25) is 10.5 Å². The third kappa shape index (κ3) is 4.25. The van der Waals surface area contributed by atoms with E-state index >= 15 is 0 Å². The van der Waals surface area contributed by atoms with Crippen LogP contribution in [-0.4, -0.2) is 11.2 Å². The van der Waals surface area contributed by atoms with Crippen molar-refractivity contribution in [3.05, 3.63) is 45.9 Å². The van der Waals surface area contributed by atoms with E-state index in [1.165, 1.54) is 17.8 Å². The summed E-state index contributed by atoms with van der Waals surface area (Å²) in [6, 6.07) is 12.5. The SMILES string of the molecule is C[C@H](Sc1[nH+]c(N)c(C#N)cc1C#N)C(=O)Nc1ccc(Br)cc1. The number of carbonyl (C=O) groups excluding carboxylic acids is 1. The van der Waals surface area contributed by atoms with Gasteiger partial charge in [-0.2, -0.15) is 10.5 Å². The smallest absolute Gasteiger partial charge is 0.289 e. The van der Waals surface area contributed by atoms with Crippen molar-refractivity contribution in [2.75, 3.05) is 11.1 Å². The molecule has 4 N–H and O–H groups in total. The van der Waals surface area contributed by atoms with E-state index in [4.69, 9.17) is 11.0 Å². The fraction of sp³-hybridized carbons (Fsp3) is 0.125. The maximum atomic E-state index is 12.3. The average molecular weight is 403 g/mol. The first-order valence-corrected chi connectivity index (χ1v) is 8.51. The van der Waals surface area contributed by atoms with E-state index in [2.05, 4.69) is 26.2 Å². The van der Waals surface area contributed by atoms with Gasteiger partial charge in [-0.15, -0.1) is 0 Å². The van der Waals surface area contributed by atoms with Crippen LogP contribution in [0.4, 0.5) is 11.5 Å². The predicted octanol–water partition coefficient (Wildman–Crippen LogP) is 2.71. The molecule has 6 nitrogen and oxygen atoms in total. The minimum absolute atomic E-state index is 0.166. The van der Waals surface area contributed by atoms with Gasteiger partial charge in [-0.25, -0.2) is 4.98 Å². The second kappa shape index (κ2) is 7.82. The number of amides is 1. The molecule has 1 amide bonds. The Balaban J connectivity index is 2.14. The van der Waals surface area contributed by atoms with Crippen LogP contribution in [0, 0.1) is 22.7 Å². The van der Waals surface area contributed by atoms with Gasteiger partial charge in [0.25, 0.3) is 5.82 Å². The Hall–Kier alpha value is -2.55. The molecule has 0 fully saturated rings. The summed E-state index contributed by atoms with van der Waals surface area (Å²) in [6.07, 6.45) is 0. The Morgan fingerprint density at radius 1 is 1.29 bits per heavy atom. The van der Waals surface area contributed by atoms with E-state index in [1.807, 2.05) is 24.3 Å². The van der Waals surface area contributed by atoms with Crippen molar-refractivity contribution in [2.24, 2.45) is 0 Å². The number of thioether (sulfide) groups is 1. The van der Waals surface area contributed by atoms with E-state index in [0.717, 1.165) is 4.47 Å². The molecule has 0 spiro atoms. The van der Waals surface area contributed by atoms with Crippen LogP contribution in [0.2, 0.25) is 0 Å². The quantitative estimate of drug-likeness (QED) is 0.762. The molecule has 1 atom stereocenters. The summed E-state index contributed by atoms with van der Waals surface area (Å²) in [6.45, 7) is 1.72. The number of anilines is 2. The lowest BCUT2D eigenvalue weighted by Gasteiger charge is -2.11. The number of hydrogen-bond acceptors (Lipinski definition) is 5. The van der Waals surface area contributed by atoms with Gasteiger partial charge in [0.1, 0.15) is 23.3 Å². The highest BCUT2D eigenvalue weighted by Gasteiger charge is 2.21. The second-order valence-electron chi connectivity index (χ2n) is 4.82.